The van der Waals surface area contributed by atoms with E-state index in [4.69, 9.17) is 9.47 Å². The number of hydrogen-bond donors (Lipinski definition) is 2. The van der Waals surface area contributed by atoms with E-state index in [-0.39, 0.29) is 5.60 Å². The van der Waals surface area contributed by atoms with Crippen LogP contribution in [0.3, 0.4) is 0 Å². The van der Waals surface area contributed by atoms with Crippen LogP contribution in [0.4, 0.5) is 0 Å². The lowest BCUT2D eigenvalue weighted by Gasteiger charge is -2.50. The van der Waals surface area contributed by atoms with Gasteiger partial charge in [0, 0.05) is 26.2 Å². The summed E-state index contributed by atoms with van der Waals surface area (Å²) < 4.78 is 11.2. The first kappa shape index (κ1) is 9.40. The van der Waals surface area contributed by atoms with Crippen LogP contribution in [0.15, 0.2) is 0 Å². The maximum Gasteiger partial charge on any atom is 0.110 e. The molecule has 2 saturated heterocycles. The Bertz CT molecular complexity index is 171. The summed E-state index contributed by atoms with van der Waals surface area (Å²) in [5.74, 6) is 0. The molecule has 0 amide bonds. The lowest BCUT2D eigenvalue weighted by Crippen LogP contribution is -2.74. The summed E-state index contributed by atoms with van der Waals surface area (Å²) in [6.45, 7) is 7.24. The topological polar surface area (TPSA) is 42.5 Å². The molecule has 2 N–H and O–H groups in total. The lowest BCUT2D eigenvalue weighted by molar-refractivity contribution is -0.140. The van der Waals surface area contributed by atoms with Gasteiger partial charge in [-0.05, 0) is 6.92 Å². The van der Waals surface area contributed by atoms with Crippen molar-refractivity contribution in [2.75, 3.05) is 39.5 Å². The molecule has 4 heteroatoms. The zero-order valence-corrected chi connectivity index (χ0v) is 8.14. The Balaban J connectivity index is 1.89. The van der Waals surface area contributed by atoms with Crippen molar-refractivity contribution in [2.24, 2.45) is 0 Å². The van der Waals surface area contributed by atoms with E-state index in [1.165, 1.54) is 0 Å². The highest BCUT2D eigenvalue weighted by atomic mass is 16.5. The molecule has 13 heavy (non-hydrogen) atoms. The van der Waals surface area contributed by atoms with Gasteiger partial charge in [0.15, 0.2) is 0 Å². The van der Waals surface area contributed by atoms with E-state index in [2.05, 4.69) is 10.6 Å². The van der Waals surface area contributed by atoms with Crippen molar-refractivity contribution in [3.63, 3.8) is 0 Å². The smallest absolute Gasteiger partial charge is 0.110 e. The van der Waals surface area contributed by atoms with Crippen LogP contribution in [0, 0.1) is 0 Å². The largest absolute Gasteiger partial charge is 0.380 e. The van der Waals surface area contributed by atoms with Crippen LogP contribution in [0.5, 0.6) is 0 Å². The number of morpholine rings is 1. The normalized spacial score (nSPS) is 31.6. The Hall–Kier alpha value is -0.160. The van der Waals surface area contributed by atoms with E-state index in [0.29, 0.717) is 6.04 Å². The predicted molar refractivity (Wildman–Crippen MR) is 49.8 cm³/mol. The minimum Gasteiger partial charge on any atom is -0.380 e. The standard InChI is InChI=1S/C9H18N2O2/c1-2-12-5-8-9(6-10-7-9)13-4-3-11-8/h8,10-11H,2-7H2,1H3. The van der Waals surface area contributed by atoms with Crippen LogP contribution < -0.4 is 10.6 Å². The fourth-order valence-electron chi connectivity index (χ4n) is 1.94. The molecule has 1 unspecified atom stereocenters. The van der Waals surface area contributed by atoms with Crippen LogP contribution in [0.1, 0.15) is 6.92 Å². The van der Waals surface area contributed by atoms with Gasteiger partial charge in [-0.2, -0.15) is 0 Å². The minimum absolute atomic E-state index is 0.0212. The molecule has 2 heterocycles. The Kier molecular flexibility index (Phi) is 2.83. The van der Waals surface area contributed by atoms with E-state index < -0.39 is 0 Å². The predicted octanol–water partition coefficient (Wildman–Crippen LogP) is -0.647. The van der Waals surface area contributed by atoms with Gasteiger partial charge in [0.1, 0.15) is 5.60 Å². The summed E-state index contributed by atoms with van der Waals surface area (Å²) in [5.41, 5.74) is 0.0212. The van der Waals surface area contributed by atoms with Crippen molar-refractivity contribution in [1.82, 2.24) is 10.6 Å². The van der Waals surface area contributed by atoms with Crippen molar-refractivity contribution < 1.29 is 9.47 Å². The van der Waals surface area contributed by atoms with Crippen LogP contribution in [-0.2, 0) is 9.47 Å². The number of nitrogens with one attached hydrogen (secondary N) is 2. The molecule has 4 nitrogen and oxygen atoms in total. The van der Waals surface area contributed by atoms with E-state index in [0.717, 1.165) is 39.5 Å². The van der Waals surface area contributed by atoms with Crippen molar-refractivity contribution in [2.45, 2.75) is 18.6 Å². The third-order valence-corrected chi connectivity index (χ3v) is 2.85. The van der Waals surface area contributed by atoms with Gasteiger partial charge in [-0.3, -0.25) is 0 Å². The Morgan fingerprint density at radius 3 is 3.00 bits per heavy atom. The Morgan fingerprint density at radius 2 is 2.38 bits per heavy atom. The average molecular weight is 186 g/mol. The van der Waals surface area contributed by atoms with E-state index >= 15 is 0 Å². The van der Waals surface area contributed by atoms with Crippen molar-refractivity contribution in [3.8, 4) is 0 Å². The average Bonchev–Trinajstić information content (AvgIpc) is 2.12. The molecule has 0 aromatic rings. The van der Waals surface area contributed by atoms with Gasteiger partial charge in [-0.1, -0.05) is 0 Å². The van der Waals surface area contributed by atoms with Gasteiger partial charge in [-0.15, -0.1) is 0 Å². The molecule has 2 fully saturated rings. The fourth-order valence-corrected chi connectivity index (χ4v) is 1.94. The summed E-state index contributed by atoms with van der Waals surface area (Å²) in [6.07, 6.45) is 0. The minimum atomic E-state index is 0.0212. The lowest BCUT2D eigenvalue weighted by atomic mass is 9.87. The van der Waals surface area contributed by atoms with Crippen molar-refractivity contribution >= 4 is 0 Å². The summed E-state index contributed by atoms with van der Waals surface area (Å²) in [7, 11) is 0. The molecule has 2 aliphatic rings. The summed E-state index contributed by atoms with van der Waals surface area (Å²) in [6, 6.07) is 0.363. The maximum absolute atomic E-state index is 5.81. The van der Waals surface area contributed by atoms with Gasteiger partial charge >= 0.3 is 0 Å². The molecule has 2 rings (SSSR count). The highest BCUT2D eigenvalue weighted by molar-refractivity contribution is 5.05. The number of ether oxygens (including phenoxy) is 2. The van der Waals surface area contributed by atoms with Crippen LogP contribution in [-0.4, -0.2) is 51.1 Å². The number of hydrogen-bond acceptors (Lipinski definition) is 4. The van der Waals surface area contributed by atoms with E-state index in [1.807, 2.05) is 6.92 Å². The second kappa shape index (κ2) is 3.92. The third kappa shape index (κ3) is 1.72. The molecule has 76 valence electrons. The fraction of sp³-hybridized carbons (Fsp3) is 1.00. The first-order valence-electron chi connectivity index (χ1n) is 5.03. The number of rotatable bonds is 3. The SMILES string of the molecule is CCOCC1NCCOC12CNC2. The second-order valence-electron chi connectivity index (χ2n) is 3.68. The molecule has 0 saturated carbocycles. The van der Waals surface area contributed by atoms with E-state index in [9.17, 15) is 0 Å². The molecule has 0 aliphatic carbocycles. The first-order chi connectivity index (χ1) is 6.37. The Labute approximate surface area is 79.0 Å². The maximum atomic E-state index is 5.81. The second-order valence-corrected chi connectivity index (χ2v) is 3.68. The van der Waals surface area contributed by atoms with Crippen LogP contribution >= 0.6 is 0 Å². The highest BCUT2D eigenvalue weighted by Crippen LogP contribution is 2.24. The third-order valence-electron chi connectivity index (χ3n) is 2.85. The molecule has 0 radical (unpaired) electrons. The van der Waals surface area contributed by atoms with Crippen LogP contribution in [0.2, 0.25) is 0 Å². The first-order valence-corrected chi connectivity index (χ1v) is 5.03. The highest BCUT2D eigenvalue weighted by Gasteiger charge is 2.47. The van der Waals surface area contributed by atoms with E-state index in [1.54, 1.807) is 0 Å². The molecule has 1 spiro atoms. The summed E-state index contributed by atoms with van der Waals surface area (Å²) >= 11 is 0. The molecule has 1 atom stereocenters. The quantitative estimate of drug-likeness (QED) is 0.615. The molecule has 0 bridgehead atoms. The molecular formula is C9H18N2O2. The summed E-state index contributed by atoms with van der Waals surface area (Å²) in [5, 5.41) is 6.71. The van der Waals surface area contributed by atoms with Gasteiger partial charge in [-0.25, -0.2) is 0 Å². The zero-order chi connectivity index (χ0) is 9.15. The molecule has 0 aromatic heterocycles. The van der Waals surface area contributed by atoms with Gasteiger partial charge in [0.25, 0.3) is 0 Å². The van der Waals surface area contributed by atoms with Crippen molar-refractivity contribution in [3.05, 3.63) is 0 Å². The zero-order valence-electron chi connectivity index (χ0n) is 8.14. The molecular weight excluding hydrogens is 168 g/mol. The molecule has 2 aliphatic heterocycles. The van der Waals surface area contributed by atoms with Gasteiger partial charge in [0.05, 0.1) is 19.3 Å². The summed E-state index contributed by atoms with van der Waals surface area (Å²) in [4.78, 5) is 0. The molecule has 0 aromatic carbocycles. The van der Waals surface area contributed by atoms with Crippen molar-refractivity contribution in [1.29, 1.82) is 0 Å². The van der Waals surface area contributed by atoms with Gasteiger partial charge < -0.3 is 20.1 Å². The monoisotopic (exact) mass is 186 g/mol. The van der Waals surface area contributed by atoms with Gasteiger partial charge in [0.2, 0.25) is 0 Å². The Morgan fingerprint density at radius 1 is 1.54 bits per heavy atom. The van der Waals surface area contributed by atoms with Crippen LogP contribution in [0.25, 0.3) is 0 Å².